The van der Waals surface area contributed by atoms with Crippen LogP contribution in [0.1, 0.15) is 68.5 Å². The van der Waals surface area contributed by atoms with Crippen LogP contribution in [-0.4, -0.2) is 43.0 Å². The molecule has 0 radical (unpaired) electrons. The average molecular weight is 1000 g/mol. The maximum absolute atomic E-state index is 7.98. The first-order valence-corrected chi connectivity index (χ1v) is 27.0. The van der Waals surface area contributed by atoms with Crippen LogP contribution in [0.2, 0.25) is 0 Å². The second kappa shape index (κ2) is 15.1. The molecular weight excluding hydrogens is 946 g/mol. The number of allylic oxidation sites excluding steroid dienone is 6. The highest BCUT2D eigenvalue weighted by atomic mass is 16.6. The molecule has 10 aromatic rings. The summed E-state index contributed by atoms with van der Waals surface area (Å²) in [4.78, 5) is 0. The fraction of sp³-hybridized carbons (Fsp3) is 0.134. The first-order valence-electron chi connectivity index (χ1n) is 27.0. The Morgan fingerprint density at radius 2 is 0.753 bits per heavy atom. The summed E-state index contributed by atoms with van der Waals surface area (Å²) < 4.78 is 41.3. The number of aromatic nitrogens is 2. The third kappa shape index (κ3) is 5.49. The standard InChI is InChI=1S/C67H54B2N4O4/c1-37-34-40(4)70-64(37)44(8)67-43(7)58(45(9)73(67)69(70)76-56-32-28-48-20-12-16-24-52(48)61(56)62-53-25-17-13-21-49(53)29-33-57(62)77-69)63-65-38(2)35-41(5)71(65)68(72-42(6)36-39(3)66(63)72)74-54-30-26-46-18-10-14-22-50(46)59(54)60-51-23-15-11-19-47(51)27-31-55(60)75-68/h10-36H,1-9H3. The Morgan fingerprint density at radius 3 is 1.18 bits per heavy atom. The van der Waals surface area contributed by atoms with E-state index in [1.54, 1.807) is 0 Å². The Balaban J connectivity index is 0.989. The third-order valence-electron chi connectivity index (χ3n) is 17.9. The van der Waals surface area contributed by atoms with Gasteiger partial charge in [0, 0.05) is 70.3 Å². The number of aryl methyl sites for hydroxylation is 4. The summed E-state index contributed by atoms with van der Waals surface area (Å²) in [5.74, 6) is 3.09. The van der Waals surface area contributed by atoms with E-state index in [9.17, 15) is 0 Å². The molecule has 372 valence electrons. The van der Waals surface area contributed by atoms with Crippen molar-refractivity contribution in [2.45, 2.75) is 62.3 Å². The molecule has 10 heteroatoms. The lowest BCUT2D eigenvalue weighted by Crippen LogP contribution is -2.67. The molecule has 0 aliphatic carbocycles. The van der Waals surface area contributed by atoms with Crippen LogP contribution < -0.4 is 18.6 Å². The van der Waals surface area contributed by atoms with Gasteiger partial charge in [-0.05, 0) is 150 Å². The number of nitrogens with zero attached hydrogens (tertiary/aromatic N) is 4. The van der Waals surface area contributed by atoms with E-state index in [0.29, 0.717) is 0 Å². The molecule has 0 saturated carbocycles. The highest BCUT2D eigenvalue weighted by Crippen LogP contribution is 2.56. The smallest absolute Gasteiger partial charge is 0.601 e. The summed E-state index contributed by atoms with van der Waals surface area (Å²) in [5, 5.41) is 9.01. The van der Waals surface area contributed by atoms with E-state index in [0.717, 1.165) is 167 Å². The lowest BCUT2D eigenvalue weighted by atomic mass is 9.76. The van der Waals surface area contributed by atoms with Gasteiger partial charge in [-0.3, -0.25) is 0 Å². The van der Waals surface area contributed by atoms with E-state index in [-0.39, 0.29) is 0 Å². The van der Waals surface area contributed by atoms with Gasteiger partial charge in [-0.2, -0.15) is 0 Å². The zero-order chi connectivity index (χ0) is 52.1. The molecule has 2 aromatic heterocycles. The molecule has 6 aliphatic rings. The van der Waals surface area contributed by atoms with Gasteiger partial charge in [-0.1, -0.05) is 121 Å². The van der Waals surface area contributed by atoms with Crippen molar-refractivity contribution in [1.29, 1.82) is 0 Å². The van der Waals surface area contributed by atoms with Crippen LogP contribution in [-0.2, 0) is 0 Å². The Labute approximate surface area is 447 Å². The lowest BCUT2D eigenvalue weighted by molar-refractivity contribution is -0.373. The molecule has 8 nitrogen and oxygen atoms in total. The summed E-state index contributed by atoms with van der Waals surface area (Å²) in [5.41, 5.74) is 20.5. The molecule has 0 unspecified atom stereocenters. The molecule has 8 aromatic carbocycles. The van der Waals surface area contributed by atoms with Gasteiger partial charge in [0.25, 0.3) is 0 Å². The highest BCUT2D eigenvalue weighted by molar-refractivity contribution is 6.63. The minimum absolute atomic E-state index is 0.771. The summed E-state index contributed by atoms with van der Waals surface area (Å²) in [6.45, 7) is 14.9. The van der Waals surface area contributed by atoms with Gasteiger partial charge in [-0.15, -0.1) is 0 Å². The molecule has 0 saturated heterocycles. The van der Waals surface area contributed by atoms with Crippen LogP contribution in [0, 0.1) is 27.7 Å². The molecule has 77 heavy (non-hydrogen) atoms. The van der Waals surface area contributed by atoms with Crippen molar-refractivity contribution < 1.29 is 27.6 Å². The van der Waals surface area contributed by atoms with Gasteiger partial charge < -0.3 is 36.5 Å². The van der Waals surface area contributed by atoms with Gasteiger partial charge in [0.05, 0.1) is 34.1 Å². The van der Waals surface area contributed by atoms with E-state index < -0.39 is 13.6 Å². The molecule has 8 heterocycles. The number of benzene rings is 8. The summed E-state index contributed by atoms with van der Waals surface area (Å²) >= 11 is 0. The maximum Gasteiger partial charge on any atom is 0.780 e. The van der Waals surface area contributed by atoms with Crippen LogP contribution in [0.15, 0.2) is 192 Å². The Morgan fingerprint density at radius 1 is 0.377 bits per heavy atom. The summed E-state index contributed by atoms with van der Waals surface area (Å²) in [6.07, 6.45) is 2.30. The van der Waals surface area contributed by atoms with Gasteiger partial charge in [0.15, 0.2) is 11.4 Å². The summed E-state index contributed by atoms with van der Waals surface area (Å²) in [6, 6.07) is 56.5. The molecular formula is C67H54B2N4O4. The van der Waals surface area contributed by atoms with E-state index in [1.807, 2.05) is 0 Å². The van der Waals surface area contributed by atoms with Gasteiger partial charge in [0.1, 0.15) is 11.4 Å². The second-order valence-corrected chi connectivity index (χ2v) is 22.2. The van der Waals surface area contributed by atoms with Crippen molar-refractivity contribution >= 4 is 79.3 Å². The Hall–Kier alpha value is -9.01. The van der Waals surface area contributed by atoms with Gasteiger partial charge in [-0.25, -0.2) is 0 Å². The highest BCUT2D eigenvalue weighted by Gasteiger charge is 2.65. The van der Waals surface area contributed by atoms with Crippen molar-refractivity contribution in [2.75, 3.05) is 0 Å². The SMILES string of the molecule is CC1=CC(C)=[N+]2C1=C(C1=C(C)C3=C(C)c4c(C)cc(C)n4[B-]4(Oc5ccc6ccccc6c5-c5c(ccc6ccccc56)O4)[N+]3=C1C)c1c(C)cc(C)n1[B-]21Oc2ccc3ccccc3c2-c2c(ccc3ccccc23)O1. The minimum atomic E-state index is -2.63. The first kappa shape index (κ1) is 44.3. The first-order chi connectivity index (χ1) is 37.4. The Kier molecular flexibility index (Phi) is 8.69. The van der Waals surface area contributed by atoms with Gasteiger partial charge >= 0.3 is 13.6 Å². The molecule has 6 aliphatic heterocycles. The van der Waals surface area contributed by atoms with Crippen molar-refractivity contribution in [1.82, 2.24) is 8.96 Å². The van der Waals surface area contributed by atoms with Crippen LogP contribution in [0.4, 0.5) is 0 Å². The van der Waals surface area contributed by atoms with Gasteiger partial charge in [0.2, 0.25) is 0 Å². The zero-order valence-electron chi connectivity index (χ0n) is 44.7. The molecule has 2 spiro atoms. The fourth-order valence-electron chi connectivity index (χ4n) is 15.2. The third-order valence-corrected chi connectivity index (χ3v) is 17.9. The predicted molar refractivity (Wildman–Crippen MR) is 314 cm³/mol. The molecule has 16 rings (SSSR count). The van der Waals surface area contributed by atoms with Crippen LogP contribution >= 0.6 is 0 Å². The zero-order valence-corrected chi connectivity index (χ0v) is 44.7. The van der Waals surface area contributed by atoms with Crippen molar-refractivity contribution in [3.63, 3.8) is 0 Å². The maximum atomic E-state index is 7.98. The number of hydrogen-bond acceptors (Lipinski definition) is 4. The average Bonchev–Trinajstić information content (AvgIpc) is 4.23. The summed E-state index contributed by atoms with van der Waals surface area (Å²) in [7, 11) is 0. The van der Waals surface area contributed by atoms with E-state index in [1.165, 1.54) is 5.56 Å². The molecule has 0 bridgehead atoms. The largest absolute Gasteiger partial charge is 0.780 e. The molecule has 0 atom stereocenters. The number of rotatable bonds is 1. The number of fused-ring (bicyclic) bond motifs is 22. The second-order valence-electron chi connectivity index (χ2n) is 22.2. The van der Waals surface area contributed by atoms with E-state index in [4.69, 9.17) is 18.6 Å². The molecule has 0 amide bonds. The van der Waals surface area contributed by atoms with Crippen molar-refractivity contribution in [3.05, 3.63) is 226 Å². The fourth-order valence-corrected chi connectivity index (χ4v) is 15.2. The minimum Gasteiger partial charge on any atom is -0.601 e. The van der Waals surface area contributed by atoms with Crippen LogP contribution in [0.5, 0.6) is 23.0 Å². The molecule has 0 N–H and O–H groups in total. The van der Waals surface area contributed by atoms with Crippen molar-refractivity contribution in [2.24, 2.45) is 0 Å². The van der Waals surface area contributed by atoms with Crippen molar-refractivity contribution in [3.8, 4) is 45.3 Å². The van der Waals surface area contributed by atoms with Crippen LogP contribution in [0.25, 0.3) is 76.5 Å². The quantitative estimate of drug-likeness (QED) is 0.154. The topological polar surface area (TPSA) is 52.8 Å². The lowest BCUT2D eigenvalue weighted by Gasteiger charge is -2.43. The predicted octanol–water partition coefficient (Wildman–Crippen LogP) is 15.4. The normalized spacial score (nSPS) is 17.3. The Bertz CT molecular complexity index is 4520. The molecule has 0 fully saturated rings. The number of hydrogen-bond donors (Lipinski definition) is 0. The van der Waals surface area contributed by atoms with Crippen LogP contribution in [0.3, 0.4) is 0 Å². The monoisotopic (exact) mass is 1000 g/mol. The van der Waals surface area contributed by atoms with E-state index in [2.05, 4.69) is 244 Å². The van der Waals surface area contributed by atoms with E-state index >= 15 is 0 Å².